The molecule has 3 N–H and O–H groups in total. The van der Waals surface area contributed by atoms with Gasteiger partial charge in [-0.15, -0.1) is 0 Å². The summed E-state index contributed by atoms with van der Waals surface area (Å²) in [6.07, 6.45) is 2.96. The number of aromatic amines is 1. The predicted molar refractivity (Wildman–Crippen MR) is 71.5 cm³/mol. The largest absolute Gasteiger partial charge is 0.480 e. The van der Waals surface area contributed by atoms with Crippen molar-refractivity contribution >= 4 is 18.0 Å². The highest BCUT2D eigenvalue weighted by atomic mass is 16.5. The molecule has 116 valence electrons. The van der Waals surface area contributed by atoms with Crippen molar-refractivity contribution in [1.29, 1.82) is 0 Å². The van der Waals surface area contributed by atoms with Gasteiger partial charge in [-0.05, 0) is 6.92 Å². The van der Waals surface area contributed by atoms with Gasteiger partial charge in [-0.1, -0.05) is 0 Å². The van der Waals surface area contributed by atoms with Gasteiger partial charge >= 0.3 is 18.0 Å². The third kappa shape index (κ3) is 5.51. The smallest absolute Gasteiger partial charge is 0.326 e. The molecule has 0 spiro atoms. The van der Waals surface area contributed by atoms with E-state index in [0.29, 0.717) is 5.69 Å². The van der Waals surface area contributed by atoms with Gasteiger partial charge in [-0.3, -0.25) is 4.79 Å². The van der Waals surface area contributed by atoms with E-state index in [2.05, 4.69) is 15.3 Å². The number of rotatable bonds is 7. The minimum absolute atomic E-state index is 0.0638. The van der Waals surface area contributed by atoms with E-state index < -0.39 is 24.0 Å². The Morgan fingerprint density at radius 2 is 2.24 bits per heavy atom. The number of carbonyl (C=O) groups excluding carboxylic acids is 2. The topological polar surface area (TPSA) is 125 Å². The van der Waals surface area contributed by atoms with Crippen molar-refractivity contribution < 1.29 is 24.2 Å². The second-order valence-corrected chi connectivity index (χ2v) is 4.28. The summed E-state index contributed by atoms with van der Waals surface area (Å²) in [5.74, 6) is -1.74. The first-order chi connectivity index (χ1) is 9.93. The highest BCUT2D eigenvalue weighted by Gasteiger charge is 2.23. The zero-order valence-corrected chi connectivity index (χ0v) is 11.8. The molecule has 0 bridgehead atoms. The number of H-pyrrole nitrogens is 1. The minimum atomic E-state index is -1.18. The number of nitrogens with one attached hydrogen (secondary N) is 2. The zero-order valence-electron chi connectivity index (χ0n) is 11.8. The highest BCUT2D eigenvalue weighted by Crippen LogP contribution is 2.00. The van der Waals surface area contributed by atoms with Crippen molar-refractivity contribution in [2.75, 3.05) is 20.2 Å². The first-order valence-corrected chi connectivity index (χ1v) is 6.31. The zero-order chi connectivity index (χ0) is 15.8. The number of aromatic nitrogens is 2. The number of imidazole rings is 1. The highest BCUT2D eigenvalue weighted by molar-refractivity contribution is 5.85. The lowest BCUT2D eigenvalue weighted by molar-refractivity contribution is -0.143. The number of ether oxygens (including phenoxy) is 1. The van der Waals surface area contributed by atoms with Crippen LogP contribution in [0.3, 0.4) is 0 Å². The number of carboxylic acids is 1. The van der Waals surface area contributed by atoms with E-state index in [4.69, 9.17) is 9.84 Å². The second-order valence-electron chi connectivity index (χ2n) is 4.28. The van der Waals surface area contributed by atoms with Crippen LogP contribution in [0, 0.1) is 0 Å². The molecule has 21 heavy (non-hydrogen) atoms. The van der Waals surface area contributed by atoms with Crippen LogP contribution >= 0.6 is 0 Å². The van der Waals surface area contributed by atoms with Crippen LogP contribution in [0.5, 0.6) is 0 Å². The quantitative estimate of drug-likeness (QED) is 0.589. The Balaban J connectivity index is 2.55. The maximum atomic E-state index is 11.8. The van der Waals surface area contributed by atoms with Crippen molar-refractivity contribution in [1.82, 2.24) is 20.2 Å². The molecule has 2 amide bonds. The van der Waals surface area contributed by atoms with Crippen LogP contribution in [0.4, 0.5) is 4.79 Å². The second kappa shape index (κ2) is 7.88. The molecule has 0 aliphatic rings. The molecule has 0 aliphatic carbocycles. The fraction of sp³-hybridized carbons (Fsp3) is 0.500. The number of carboxylic acid groups (broad SMARTS) is 1. The summed E-state index contributed by atoms with van der Waals surface area (Å²) in [7, 11) is 1.38. The van der Waals surface area contributed by atoms with Gasteiger partial charge in [-0.25, -0.2) is 14.6 Å². The Morgan fingerprint density at radius 3 is 2.76 bits per heavy atom. The van der Waals surface area contributed by atoms with Crippen molar-refractivity contribution in [3.05, 3.63) is 18.2 Å². The molecule has 0 fully saturated rings. The van der Waals surface area contributed by atoms with Crippen molar-refractivity contribution in [3.63, 3.8) is 0 Å². The number of hydrogen-bond acceptors (Lipinski definition) is 5. The van der Waals surface area contributed by atoms with Gasteiger partial charge in [0, 0.05) is 25.4 Å². The Morgan fingerprint density at radius 1 is 1.52 bits per heavy atom. The van der Waals surface area contributed by atoms with Crippen LogP contribution in [0.25, 0.3) is 0 Å². The Kier molecular flexibility index (Phi) is 6.18. The van der Waals surface area contributed by atoms with Crippen LogP contribution in [-0.4, -0.2) is 64.2 Å². The SMILES string of the molecule is CCOC(=O)CN(C)C(=O)N[C@H](Cc1cnc[nH]1)C(=O)O. The molecule has 0 saturated heterocycles. The summed E-state index contributed by atoms with van der Waals surface area (Å²) in [6.45, 7) is 1.62. The Labute approximate surface area is 121 Å². The van der Waals surface area contributed by atoms with E-state index in [0.717, 1.165) is 4.90 Å². The maximum Gasteiger partial charge on any atom is 0.326 e. The lowest BCUT2D eigenvalue weighted by Gasteiger charge is -2.20. The number of amides is 2. The summed E-state index contributed by atoms with van der Waals surface area (Å²) in [6, 6.07) is -1.79. The molecule has 1 aromatic heterocycles. The first kappa shape index (κ1) is 16.5. The van der Waals surface area contributed by atoms with Gasteiger partial charge in [0.15, 0.2) is 0 Å². The normalized spacial score (nSPS) is 11.5. The molecule has 0 unspecified atom stereocenters. The third-order valence-corrected chi connectivity index (χ3v) is 2.59. The summed E-state index contributed by atoms with van der Waals surface area (Å²) < 4.78 is 4.71. The molecule has 0 aliphatic heterocycles. The van der Waals surface area contributed by atoms with Crippen molar-refractivity contribution in [3.8, 4) is 0 Å². The number of nitrogens with zero attached hydrogens (tertiary/aromatic N) is 2. The van der Waals surface area contributed by atoms with E-state index in [1.165, 1.54) is 19.6 Å². The molecule has 0 radical (unpaired) electrons. The van der Waals surface area contributed by atoms with Crippen LogP contribution in [0.1, 0.15) is 12.6 Å². The van der Waals surface area contributed by atoms with Crippen LogP contribution in [-0.2, 0) is 20.7 Å². The van der Waals surface area contributed by atoms with Gasteiger partial charge in [0.25, 0.3) is 0 Å². The maximum absolute atomic E-state index is 11.8. The van der Waals surface area contributed by atoms with E-state index >= 15 is 0 Å². The van der Waals surface area contributed by atoms with Crippen LogP contribution in [0.15, 0.2) is 12.5 Å². The predicted octanol–water partition coefficient (Wildman–Crippen LogP) is -0.390. The molecule has 9 heteroatoms. The van der Waals surface area contributed by atoms with E-state index in [1.54, 1.807) is 6.92 Å². The molecular formula is C12H18N4O5. The summed E-state index contributed by atoms with van der Waals surface area (Å²) >= 11 is 0. The molecule has 1 rings (SSSR count). The van der Waals surface area contributed by atoms with Crippen molar-refractivity contribution in [2.24, 2.45) is 0 Å². The average molecular weight is 298 g/mol. The van der Waals surface area contributed by atoms with E-state index in [-0.39, 0.29) is 19.6 Å². The van der Waals surface area contributed by atoms with Gasteiger partial charge in [0.2, 0.25) is 0 Å². The molecule has 1 heterocycles. The van der Waals surface area contributed by atoms with Gasteiger partial charge in [0.1, 0.15) is 12.6 Å². The monoisotopic (exact) mass is 298 g/mol. The number of hydrogen-bond donors (Lipinski definition) is 3. The van der Waals surface area contributed by atoms with Gasteiger partial charge in [-0.2, -0.15) is 0 Å². The minimum Gasteiger partial charge on any atom is -0.480 e. The fourth-order valence-electron chi connectivity index (χ4n) is 1.55. The first-order valence-electron chi connectivity index (χ1n) is 6.31. The fourth-order valence-corrected chi connectivity index (χ4v) is 1.55. The standard InChI is InChI=1S/C12H18N4O5/c1-3-21-10(17)6-16(2)12(20)15-9(11(18)19)4-8-5-13-7-14-8/h5,7,9H,3-4,6H2,1-2H3,(H,13,14)(H,15,20)(H,18,19)/t9-/m1/s1. The molecule has 0 saturated carbocycles. The molecule has 0 aromatic carbocycles. The lowest BCUT2D eigenvalue weighted by atomic mass is 10.1. The average Bonchev–Trinajstić information content (AvgIpc) is 2.90. The number of likely N-dealkylation sites (N-methyl/N-ethyl adjacent to an activating group) is 1. The van der Waals surface area contributed by atoms with E-state index in [1.807, 2.05) is 0 Å². The Bertz CT molecular complexity index is 488. The van der Waals surface area contributed by atoms with Crippen molar-refractivity contribution in [2.45, 2.75) is 19.4 Å². The lowest BCUT2D eigenvalue weighted by Crippen LogP contribution is -2.49. The number of aliphatic carboxylic acids is 1. The molecule has 1 atom stereocenters. The summed E-state index contributed by atoms with van der Waals surface area (Å²) in [5, 5.41) is 11.4. The number of urea groups is 1. The molecule has 9 nitrogen and oxygen atoms in total. The summed E-state index contributed by atoms with van der Waals surface area (Å²) in [4.78, 5) is 41.8. The van der Waals surface area contributed by atoms with Gasteiger partial charge in [0.05, 0.1) is 12.9 Å². The van der Waals surface area contributed by atoms with Gasteiger partial charge < -0.3 is 25.0 Å². The number of carbonyl (C=O) groups is 3. The number of esters is 1. The molecular weight excluding hydrogens is 280 g/mol. The molecule has 1 aromatic rings. The third-order valence-electron chi connectivity index (χ3n) is 2.59. The van der Waals surface area contributed by atoms with Crippen LogP contribution in [0.2, 0.25) is 0 Å². The van der Waals surface area contributed by atoms with Crippen LogP contribution < -0.4 is 5.32 Å². The summed E-state index contributed by atoms with van der Waals surface area (Å²) in [5.41, 5.74) is 0.579. The Hall–Kier alpha value is -2.58. The van der Waals surface area contributed by atoms with E-state index in [9.17, 15) is 14.4 Å².